The summed E-state index contributed by atoms with van der Waals surface area (Å²) in [5.41, 5.74) is 0.727. The molecule has 1 heterocycles. The van der Waals surface area contributed by atoms with Crippen molar-refractivity contribution in [2.75, 3.05) is 0 Å². The van der Waals surface area contributed by atoms with Gasteiger partial charge in [0.2, 0.25) is 0 Å². The molecule has 0 bridgehead atoms. The first-order valence-corrected chi connectivity index (χ1v) is 5.06. The molecule has 3 heteroatoms. The zero-order valence-electron chi connectivity index (χ0n) is 7.00. The summed E-state index contributed by atoms with van der Waals surface area (Å²) in [4.78, 5) is 11.8. The molecule has 1 aromatic carbocycles. The Morgan fingerprint density at radius 3 is 2.92 bits per heavy atom. The number of benzene rings is 1. The minimum atomic E-state index is 0.656. The van der Waals surface area contributed by atoms with Crippen LogP contribution in [0.25, 0.3) is 10.1 Å². The van der Waals surface area contributed by atoms with Crippen molar-refractivity contribution in [3.63, 3.8) is 0 Å². The zero-order valence-corrected chi connectivity index (χ0v) is 8.58. The lowest BCUT2D eigenvalue weighted by molar-refractivity contribution is 0.112. The summed E-state index contributed by atoms with van der Waals surface area (Å²) >= 11 is 7.60. The molecule has 66 valence electrons. The highest BCUT2D eigenvalue weighted by atomic mass is 35.5. The fourth-order valence-corrected chi connectivity index (χ4v) is 2.78. The number of aryl methyl sites for hydroxylation is 1. The van der Waals surface area contributed by atoms with E-state index in [0.717, 1.165) is 26.8 Å². The highest BCUT2D eigenvalue weighted by molar-refractivity contribution is 7.19. The molecular weight excluding hydrogens is 204 g/mol. The van der Waals surface area contributed by atoms with Gasteiger partial charge in [-0.25, -0.2) is 0 Å². The van der Waals surface area contributed by atoms with E-state index in [9.17, 15) is 4.79 Å². The normalized spacial score (nSPS) is 10.6. The highest BCUT2D eigenvalue weighted by Crippen LogP contribution is 2.34. The fraction of sp³-hybridized carbons (Fsp3) is 0.100. The lowest BCUT2D eigenvalue weighted by Gasteiger charge is -1.93. The zero-order chi connectivity index (χ0) is 9.42. The number of hydrogen-bond acceptors (Lipinski definition) is 2. The molecule has 1 aromatic heterocycles. The molecule has 0 N–H and O–H groups in total. The van der Waals surface area contributed by atoms with Gasteiger partial charge in [-0.3, -0.25) is 4.79 Å². The van der Waals surface area contributed by atoms with Crippen LogP contribution in [-0.4, -0.2) is 6.29 Å². The third-order valence-electron chi connectivity index (χ3n) is 2.00. The maximum Gasteiger partial charge on any atom is 0.151 e. The van der Waals surface area contributed by atoms with Gasteiger partial charge in [-0.05, 0) is 19.1 Å². The molecule has 0 unspecified atom stereocenters. The van der Waals surface area contributed by atoms with Crippen LogP contribution in [0.5, 0.6) is 0 Å². The monoisotopic (exact) mass is 210 g/mol. The van der Waals surface area contributed by atoms with Crippen LogP contribution < -0.4 is 0 Å². The van der Waals surface area contributed by atoms with E-state index in [2.05, 4.69) is 0 Å². The van der Waals surface area contributed by atoms with Gasteiger partial charge in [0.05, 0.1) is 0 Å². The summed E-state index contributed by atoms with van der Waals surface area (Å²) in [7, 11) is 0. The van der Waals surface area contributed by atoms with E-state index >= 15 is 0 Å². The molecule has 0 fully saturated rings. The number of rotatable bonds is 1. The average molecular weight is 211 g/mol. The molecule has 0 aliphatic heterocycles. The van der Waals surface area contributed by atoms with Crippen molar-refractivity contribution in [2.24, 2.45) is 0 Å². The Bertz CT molecular complexity index is 473. The molecule has 0 spiro atoms. The van der Waals surface area contributed by atoms with E-state index in [1.807, 2.05) is 25.1 Å². The number of halogens is 1. The smallest absolute Gasteiger partial charge is 0.151 e. The first kappa shape index (κ1) is 8.73. The minimum Gasteiger partial charge on any atom is -0.298 e. The summed E-state index contributed by atoms with van der Waals surface area (Å²) in [6.45, 7) is 1.94. The number of fused-ring (bicyclic) bond motifs is 1. The van der Waals surface area contributed by atoms with Crippen LogP contribution in [0, 0.1) is 6.92 Å². The largest absolute Gasteiger partial charge is 0.298 e. The van der Waals surface area contributed by atoms with Gasteiger partial charge < -0.3 is 0 Å². The van der Waals surface area contributed by atoms with Crippen LogP contribution in [0.4, 0.5) is 0 Å². The van der Waals surface area contributed by atoms with Gasteiger partial charge in [-0.1, -0.05) is 17.7 Å². The fourth-order valence-electron chi connectivity index (χ4n) is 1.39. The first-order valence-electron chi connectivity index (χ1n) is 3.87. The van der Waals surface area contributed by atoms with Crippen molar-refractivity contribution >= 4 is 39.3 Å². The van der Waals surface area contributed by atoms with Gasteiger partial charge in [0.15, 0.2) is 6.29 Å². The number of carbonyl (C=O) groups excluding carboxylic acids is 1. The molecule has 0 atom stereocenters. The summed E-state index contributed by atoms with van der Waals surface area (Å²) in [5.74, 6) is 0. The van der Waals surface area contributed by atoms with E-state index in [0.29, 0.717) is 5.02 Å². The Labute approximate surface area is 84.9 Å². The van der Waals surface area contributed by atoms with Crippen molar-refractivity contribution in [1.29, 1.82) is 0 Å². The maximum atomic E-state index is 10.8. The van der Waals surface area contributed by atoms with Crippen LogP contribution in [0.2, 0.25) is 5.02 Å². The minimum absolute atomic E-state index is 0.656. The van der Waals surface area contributed by atoms with Crippen molar-refractivity contribution < 1.29 is 4.79 Å². The Kier molecular flexibility index (Phi) is 2.10. The van der Waals surface area contributed by atoms with Crippen LogP contribution in [0.3, 0.4) is 0 Å². The van der Waals surface area contributed by atoms with Gasteiger partial charge >= 0.3 is 0 Å². The predicted molar refractivity (Wildman–Crippen MR) is 57.0 cm³/mol. The quantitative estimate of drug-likeness (QED) is 0.657. The van der Waals surface area contributed by atoms with Gasteiger partial charge in [0.1, 0.15) is 0 Å². The Morgan fingerprint density at radius 1 is 1.46 bits per heavy atom. The second-order valence-electron chi connectivity index (χ2n) is 2.80. The van der Waals surface area contributed by atoms with Crippen molar-refractivity contribution in [3.8, 4) is 0 Å². The number of carbonyl (C=O) groups is 1. The molecule has 0 radical (unpaired) electrons. The lowest BCUT2D eigenvalue weighted by Crippen LogP contribution is -1.79. The molecular formula is C10H7ClOS. The Hall–Kier alpha value is -0.860. The van der Waals surface area contributed by atoms with Crippen LogP contribution >= 0.6 is 22.9 Å². The second kappa shape index (κ2) is 3.13. The van der Waals surface area contributed by atoms with Crippen LogP contribution in [0.1, 0.15) is 15.2 Å². The Morgan fingerprint density at radius 2 is 2.23 bits per heavy atom. The van der Waals surface area contributed by atoms with E-state index in [4.69, 9.17) is 11.6 Å². The third kappa shape index (κ3) is 1.26. The van der Waals surface area contributed by atoms with Crippen LogP contribution in [-0.2, 0) is 0 Å². The van der Waals surface area contributed by atoms with Gasteiger partial charge in [-0.2, -0.15) is 0 Å². The standard InChI is InChI=1S/C10H7ClOS/c1-6-7(5-12)10-8(11)3-2-4-9(10)13-6/h2-5H,1H3. The Balaban J connectivity index is 2.96. The number of thiophene rings is 1. The van der Waals surface area contributed by atoms with Crippen LogP contribution in [0.15, 0.2) is 18.2 Å². The molecule has 0 saturated carbocycles. The van der Waals surface area contributed by atoms with Crippen molar-refractivity contribution in [3.05, 3.63) is 33.7 Å². The SMILES string of the molecule is Cc1sc2cccc(Cl)c2c1C=O. The molecule has 0 aliphatic carbocycles. The third-order valence-corrected chi connectivity index (χ3v) is 3.41. The average Bonchev–Trinajstić information content (AvgIpc) is 2.42. The van der Waals surface area contributed by atoms with E-state index < -0.39 is 0 Å². The van der Waals surface area contributed by atoms with Gasteiger partial charge in [0.25, 0.3) is 0 Å². The van der Waals surface area contributed by atoms with E-state index in [1.165, 1.54) is 0 Å². The number of hydrogen-bond donors (Lipinski definition) is 0. The first-order chi connectivity index (χ1) is 6.24. The highest BCUT2D eigenvalue weighted by Gasteiger charge is 2.10. The molecule has 2 aromatic rings. The summed E-state index contributed by atoms with van der Waals surface area (Å²) in [6, 6.07) is 5.68. The summed E-state index contributed by atoms with van der Waals surface area (Å²) < 4.78 is 1.08. The summed E-state index contributed by atoms with van der Waals surface area (Å²) in [6.07, 6.45) is 0.875. The molecule has 2 rings (SSSR count). The molecule has 1 nitrogen and oxygen atoms in total. The summed E-state index contributed by atoms with van der Waals surface area (Å²) in [5, 5.41) is 1.55. The van der Waals surface area contributed by atoms with Gasteiger partial charge in [-0.15, -0.1) is 11.3 Å². The predicted octanol–water partition coefficient (Wildman–Crippen LogP) is 3.68. The molecule has 0 amide bonds. The molecule has 0 saturated heterocycles. The van der Waals surface area contributed by atoms with Crippen molar-refractivity contribution in [2.45, 2.75) is 6.92 Å². The van der Waals surface area contributed by atoms with Crippen molar-refractivity contribution in [1.82, 2.24) is 0 Å². The second-order valence-corrected chi connectivity index (χ2v) is 4.47. The van der Waals surface area contributed by atoms with E-state index in [-0.39, 0.29) is 0 Å². The topological polar surface area (TPSA) is 17.1 Å². The molecule has 13 heavy (non-hydrogen) atoms. The lowest BCUT2D eigenvalue weighted by atomic mass is 10.1. The van der Waals surface area contributed by atoms with Gasteiger partial charge in [0, 0.05) is 25.5 Å². The number of aldehydes is 1. The van der Waals surface area contributed by atoms with E-state index in [1.54, 1.807) is 11.3 Å². The molecule has 0 aliphatic rings. The maximum absolute atomic E-state index is 10.8.